The Morgan fingerprint density at radius 3 is 2.33 bits per heavy atom. The Kier molecular flexibility index (Phi) is 3.56. The normalized spacial score (nSPS) is 24.8. The van der Waals surface area contributed by atoms with Gasteiger partial charge in [0.2, 0.25) is 0 Å². The Hall–Kier alpha value is -2.74. The van der Waals surface area contributed by atoms with Crippen LogP contribution in [0.3, 0.4) is 0 Å². The number of nitrogens with zero attached hydrogens (tertiary/aromatic N) is 2. The average molecular weight is 395 g/mol. The fraction of sp³-hybridized carbons (Fsp3) is 0.357. The fourth-order valence-corrected chi connectivity index (χ4v) is 7.01. The molecule has 4 aromatic rings. The number of allylic oxidation sites excluding steroid dienone is 2. The number of aryl methyl sites for hydroxylation is 2. The summed E-state index contributed by atoms with van der Waals surface area (Å²) in [5.41, 5.74) is 9.08. The summed E-state index contributed by atoms with van der Waals surface area (Å²) in [5, 5.41) is 2.85. The molecule has 2 aliphatic rings. The first-order chi connectivity index (χ1) is 14.4. The SMILES string of the molecule is CC1=C[C@H]2c3c(n(C)c4ccccc34)[C@H](c3cn(C)c4ccccc34)[C@H]2C(C)(C)C1. The summed E-state index contributed by atoms with van der Waals surface area (Å²) >= 11 is 0. The van der Waals surface area contributed by atoms with Crippen LogP contribution in [0.15, 0.2) is 66.4 Å². The molecule has 0 bridgehead atoms. The van der Waals surface area contributed by atoms with Gasteiger partial charge >= 0.3 is 0 Å². The highest BCUT2D eigenvalue weighted by Crippen LogP contribution is 2.63. The van der Waals surface area contributed by atoms with Gasteiger partial charge in [-0.2, -0.15) is 0 Å². The molecule has 6 rings (SSSR count). The van der Waals surface area contributed by atoms with Crippen LogP contribution in [0.5, 0.6) is 0 Å². The maximum atomic E-state index is 2.59. The standard InChI is InChI=1S/C28H30N2/c1-17-14-20-24-19-11-7-9-13-23(19)30(5)27(24)25(26(20)28(2,3)15-17)21-16-29(4)22-12-8-6-10-18(21)22/h6-14,16,20,25-26H,15H2,1-5H3/t20-,25+,26-/m0/s1. The van der Waals surface area contributed by atoms with E-state index in [9.17, 15) is 0 Å². The third kappa shape index (κ3) is 2.20. The largest absolute Gasteiger partial charge is 0.350 e. The van der Waals surface area contributed by atoms with E-state index in [4.69, 9.17) is 0 Å². The third-order valence-electron chi connectivity index (χ3n) is 7.93. The molecule has 2 heteroatoms. The quantitative estimate of drug-likeness (QED) is 0.311. The van der Waals surface area contributed by atoms with Gasteiger partial charge in [-0.05, 0) is 47.9 Å². The molecule has 2 nitrogen and oxygen atoms in total. The minimum atomic E-state index is 0.255. The second-order valence-corrected chi connectivity index (χ2v) is 10.3. The summed E-state index contributed by atoms with van der Waals surface area (Å²) in [6.07, 6.45) is 6.17. The number of hydrogen-bond acceptors (Lipinski definition) is 0. The maximum Gasteiger partial charge on any atom is 0.0483 e. The van der Waals surface area contributed by atoms with E-state index in [-0.39, 0.29) is 5.41 Å². The lowest BCUT2D eigenvalue weighted by molar-refractivity contribution is 0.172. The third-order valence-corrected chi connectivity index (χ3v) is 7.93. The number of hydrogen-bond donors (Lipinski definition) is 0. The molecule has 0 unspecified atom stereocenters. The number of aromatic nitrogens is 2. The highest BCUT2D eigenvalue weighted by molar-refractivity contribution is 5.90. The zero-order valence-corrected chi connectivity index (χ0v) is 18.6. The summed E-state index contributed by atoms with van der Waals surface area (Å²) < 4.78 is 4.81. The van der Waals surface area contributed by atoms with Crippen molar-refractivity contribution in [3.8, 4) is 0 Å². The minimum absolute atomic E-state index is 0.255. The Labute approximate surface area is 178 Å². The molecule has 2 aliphatic carbocycles. The van der Waals surface area contributed by atoms with Gasteiger partial charge in [-0.25, -0.2) is 0 Å². The van der Waals surface area contributed by atoms with Gasteiger partial charge in [0.1, 0.15) is 0 Å². The molecule has 0 aliphatic heterocycles. The number of para-hydroxylation sites is 2. The van der Waals surface area contributed by atoms with Gasteiger partial charge in [0, 0.05) is 59.6 Å². The van der Waals surface area contributed by atoms with Crippen LogP contribution in [0.4, 0.5) is 0 Å². The van der Waals surface area contributed by atoms with E-state index in [2.05, 4.69) is 105 Å². The molecule has 2 heterocycles. The molecule has 2 aromatic heterocycles. The first kappa shape index (κ1) is 18.1. The van der Waals surface area contributed by atoms with Gasteiger partial charge in [0.25, 0.3) is 0 Å². The average Bonchev–Trinajstić information content (AvgIpc) is 3.32. The van der Waals surface area contributed by atoms with Crippen molar-refractivity contribution < 1.29 is 0 Å². The lowest BCUT2D eigenvalue weighted by Gasteiger charge is -2.43. The van der Waals surface area contributed by atoms with Gasteiger partial charge < -0.3 is 9.13 Å². The van der Waals surface area contributed by atoms with Crippen molar-refractivity contribution in [3.05, 3.63) is 83.2 Å². The molecule has 2 aromatic carbocycles. The molecular formula is C28H30N2. The molecule has 3 atom stereocenters. The monoisotopic (exact) mass is 394 g/mol. The molecule has 0 saturated heterocycles. The van der Waals surface area contributed by atoms with Crippen molar-refractivity contribution in [1.29, 1.82) is 0 Å². The summed E-state index contributed by atoms with van der Waals surface area (Å²) in [5.74, 6) is 1.47. The zero-order valence-electron chi connectivity index (χ0n) is 18.6. The predicted molar refractivity (Wildman–Crippen MR) is 126 cm³/mol. The van der Waals surface area contributed by atoms with Gasteiger partial charge in [0.15, 0.2) is 0 Å². The fourth-order valence-electron chi connectivity index (χ4n) is 7.01. The van der Waals surface area contributed by atoms with Gasteiger partial charge in [0.05, 0.1) is 0 Å². The smallest absolute Gasteiger partial charge is 0.0483 e. The van der Waals surface area contributed by atoms with Crippen molar-refractivity contribution in [2.75, 3.05) is 0 Å². The first-order valence-electron chi connectivity index (χ1n) is 11.2. The van der Waals surface area contributed by atoms with Crippen LogP contribution in [0.25, 0.3) is 21.8 Å². The van der Waals surface area contributed by atoms with Crippen LogP contribution >= 0.6 is 0 Å². The van der Waals surface area contributed by atoms with Gasteiger partial charge in [-0.15, -0.1) is 0 Å². The Morgan fingerprint density at radius 1 is 0.900 bits per heavy atom. The van der Waals surface area contributed by atoms with E-state index in [1.165, 1.54) is 39.5 Å². The summed E-state index contributed by atoms with van der Waals surface area (Å²) in [7, 11) is 4.47. The molecule has 0 spiro atoms. The molecule has 152 valence electrons. The van der Waals surface area contributed by atoms with Crippen molar-refractivity contribution >= 4 is 21.8 Å². The highest BCUT2D eigenvalue weighted by atomic mass is 15.0. The van der Waals surface area contributed by atoms with Crippen LogP contribution in [-0.4, -0.2) is 9.13 Å². The minimum Gasteiger partial charge on any atom is -0.350 e. The Morgan fingerprint density at radius 2 is 1.57 bits per heavy atom. The molecule has 30 heavy (non-hydrogen) atoms. The topological polar surface area (TPSA) is 9.86 Å². The maximum absolute atomic E-state index is 2.59. The second-order valence-electron chi connectivity index (χ2n) is 10.3. The number of rotatable bonds is 1. The van der Waals surface area contributed by atoms with Crippen LogP contribution in [0.2, 0.25) is 0 Å². The van der Waals surface area contributed by atoms with E-state index >= 15 is 0 Å². The predicted octanol–water partition coefficient (Wildman–Crippen LogP) is 6.89. The lowest BCUT2D eigenvalue weighted by atomic mass is 9.61. The van der Waals surface area contributed by atoms with Crippen LogP contribution in [0.1, 0.15) is 55.8 Å². The molecular weight excluding hydrogens is 364 g/mol. The van der Waals surface area contributed by atoms with E-state index in [0.29, 0.717) is 17.8 Å². The zero-order chi connectivity index (χ0) is 20.8. The summed E-state index contributed by atoms with van der Waals surface area (Å²) in [4.78, 5) is 0. The molecule has 0 fully saturated rings. The molecule has 0 saturated carbocycles. The van der Waals surface area contributed by atoms with E-state index < -0.39 is 0 Å². The van der Waals surface area contributed by atoms with Crippen LogP contribution in [0, 0.1) is 11.3 Å². The summed E-state index contributed by atoms with van der Waals surface area (Å²) in [6.45, 7) is 7.31. The van der Waals surface area contributed by atoms with Crippen LogP contribution in [-0.2, 0) is 14.1 Å². The van der Waals surface area contributed by atoms with Crippen LogP contribution < -0.4 is 0 Å². The number of fused-ring (bicyclic) bond motifs is 6. The highest BCUT2D eigenvalue weighted by Gasteiger charge is 2.52. The lowest BCUT2D eigenvalue weighted by Crippen LogP contribution is -2.33. The van der Waals surface area contributed by atoms with E-state index in [1.54, 1.807) is 11.1 Å². The molecule has 0 amide bonds. The van der Waals surface area contributed by atoms with E-state index in [1.807, 2.05) is 0 Å². The Balaban J connectivity index is 1.73. The first-order valence-corrected chi connectivity index (χ1v) is 11.2. The van der Waals surface area contributed by atoms with Crippen molar-refractivity contribution in [3.63, 3.8) is 0 Å². The molecule has 0 N–H and O–H groups in total. The van der Waals surface area contributed by atoms with E-state index in [0.717, 1.165) is 0 Å². The summed E-state index contributed by atoms with van der Waals surface area (Å²) in [6, 6.07) is 17.9. The van der Waals surface area contributed by atoms with Gasteiger partial charge in [-0.3, -0.25) is 0 Å². The Bertz CT molecular complexity index is 1340. The van der Waals surface area contributed by atoms with Crippen molar-refractivity contribution in [1.82, 2.24) is 9.13 Å². The van der Waals surface area contributed by atoms with Gasteiger partial charge in [-0.1, -0.05) is 61.9 Å². The molecule has 0 radical (unpaired) electrons. The number of benzene rings is 2. The van der Waals surface area contributed by atoms with Crippen molar-refractivity contribution in [2.24, 2.45) is 25.4 Å². The second kappa shape index (κ2) is 5.91. The van der Waals surface area contributed by atoms with Crippen molar-refractivity contribution in [2.45, 2.75) is 39.0 Å².